The average Bonchev–Trinajstić information content (AvgIpc) is 2.60. The van der Waals surface area contributed by atoms with Crippen LogP contribution in [0.15, 0.2) is 0 Å². The molecule has 0 radical (unpaired) electrons. The van der Waals surface area contributed by atoms with Crippen molar-refractivity contribution in [2.45, 2.75) is 76.8 Å². The molecule has 1 heterocycles. The van der Waals surface area contributed by atoms with Crippen LogP contribution in [0, 0.1) is 5.92 Å². The summed E-state index contributed by atoms with van der Waals surface area (Å²) in [6.45, 7) is 7.48. The lowest BCUT2D eigenvalue weighted by Crippen LogP contribution is -2.58. The monoisotopic (exact) mass is 252 g/mol. The number of hydrogen-bond donors (Lipinski definition) is 1. The average molecular weight is 252 g/mol. The molecule has 1 atom stereocenters. The van der Waals surface area contributed by atoms with Crippen molar-refractivity contribution in [3.05, 3.63) is 0 Å². The van der Waals surface area contributed by atoms with Crippen LogP contribution in [0.4, 0.5) is 0 Å². The Morgan fingerprint density at radius 2 is 1.67 bits per heavy atom. The minimum Gasteiger partial charge on any atom is -0.319 e. The fraction of sp³-hybridized carbons (Fsp3) is 1.00. The second-order valence-corrected chi connectivity index (χ2v) is 6.89. The van der Waals surface area contributed by atoms with Gasteiger partial charge in [-0.15, -0.1) is 0 Å². The molecule has 0 amide bonds. The van der Waals surface area contributed by atoms with Gasteiger partial charge >= 0.3 is 0 Å². The molecule has 1 aliphatic carbocycles. The van der Waals surface area contributed by atoms with Crippen molar-refractivity contribution in [3.8, 4) is 0 Å². The molecule has 2 nitrogen and oxygen atoms in total. The van der Waals surface area contributed by atoms with Crippen molar-refractivity contribution in [2.75, 3.05) is 20.1 Å². The van der Waals surface area contributed by atoms with Crippen LogP contribution < -0.4 is 5.32 Å². The van der Waals surface area contributed by atoms with Gasteiger partial charge in [-0.05, 0) is 65.6 Å². The predicted molar refractivity (Wildman–Crippen MR) is 78.9 cm³/mol. The molecule has 1 saturated carbocycles. The highest BCUT2D eigenvalue weighted by Crippen LogP contribution is 2.37. The van der Waals surface area contributed by atoms with Gasteiger partial charge in [-0.1, -0.05) is 25.7 Å². The van der Waals surface area contributed by atoms with Crippen LogP contribution in [-0.2, 0) is 0 Å². The maximum absolute atomic E-state index is 3.40. The number of likely N-dealkylation sites (tertiary alicyclic amines) is 1. The Hall–Kier alpha value is -0.0800. The first-order chi connectivity index (χ1) is 8.66. The number of rotatable bonds is 3. The third-order valence-electron chi connectivity index (χ3n) is 5.41. The topological polar surface area (TPSA) is 15.3 Å². The Morgan fingerprint density at radius 1 is 1.00 bits per heavy atom. The lowest BCUT2D eigenvalue weighted by molar-refractivity contribution is -0.0162. The molecule has 2 fully saturated rings. The molecule has 106 valence electrons. The Labute approximate surface area is 114 Å². The summed E-state index contributed by atoms with van der Waals surface area (Å²) in [7, 11) is 2.10. The zero-order chi connectivity index (χ0) is 13.0. The molecule has 1 saturated heterocycles. The summed E-state index contributed by atoms with van der Waals surface area (Å²) in [5.41, 5.74) is 0.385. The third-order valence-corrected chi connectivity index (χ3v) is 5.41. The van der Waals surface area contributed by atoms with E-state index in [1.165, 1.54) is 64.5 Å². The third kappa shape index (κ3) is 3.08. The summed E-state index contributed by atoms with van der Waals surface area (Å²) in [5.74, 6) is 0.819. The Bertz CT molecular complexity index is 239. The Kier molecular flexibility index (Phi) is 5.08. The summed E-state index contributed by atoms with van der Waals surface area (Å²) >= 11 is 0. The van der Waals surface area contributed by atoms with Crippen molar-refractivity contribution >= 4 is 0 Å². The summed E-state index contributed by atoms with van der Waals surface area (Å²) < 4.78 is 0. The van der Waals surface area contributed by atoms with E-state index in [9.17, 15) is 0 Å². The highest BCUT2D eigenvalue weighted by molar-refractivity contribution is 4.96. The molecule has 2 aliphatic rings. The molecule has 1 N–H and O–H groups in total. The van der Waals surface area contributed by atoms with E-state index in [0.717, 1.165) is 12.0 Å². The molecule has 2 rings (SSSR count). The van der Waals surface area contributed by atoms with Gasteiger partial charge in [0.05, 0.1) is 0 Å². The van der Waals surface area contributed by atoms with Crippen molar-refractivity contribution in [1.29, 1.82) is 0 Å². The van der Waals surface area contributed by atoms with Crippen LogP contribution in [0.2, 0.25) is 0 Å². The van der Waals surface area contributed by atoms with E-state index >= 15 is 0 Å². The van der Waals surface area contributed by atoms with E-state index in [4.69, 9.17) is 0 Å². The first-order valence-corrected chi connectivity index (χ1v) is 8.07. The van der Waals surface area contributed by atoms with Crippen LogP contribution in [-0.4, -0.2) is 36.6 Å². The van der Waals surface area contributed by atoms with Gasteiger partial charge in [-0.3, -0.25) is 4.90 Å². The summed E-state index contributed by atoms with van der Waals surface area (Å²) in [5, 5.41) is 3.40. The fourth-order valence-corrected chi connectivity index (χ4v) is 4.20. The summed E-state index contributed by atoms with van der Waals surface area (Å²) in [4.78, 5) is 2.86. The Morgan fingerprint density at radius 3 is 2.28 bits per heavy atom. The highest BCUT2D eigenvalue weighted by Gasteiger charge is 2.40. The van der Waals surface area contributed by atoms with Gasteiger partial charge in [0.25, 0.3) is 0 Å². The van der Waals surface area contributed by atoms with E-state index in [-0.39, 0.29) is 0 Å². The molecule has 0 aromatic heterocycles. The molecule has 18 heavy (non-hydrogen) atoms. The van der Waals surface area contributed by atoms with Crippen LogP contribution >= 0.6 is 0 Å². The molecule has 1 aliphatic heterocycles. The van der Waals surface area contributed by atoms with Crippen LogP contribution in [0.1, 0.15) is 65.2 Å². The summed E-state index contributed by atoms with van der Waals surface area (Å²) in [6, 6.07) is 0.863. The van der Waals surface area contributed by atoms with Gasteiger partial charge < -0.3 is 5.32 Å². The number of hydrogen-bond acceptors (Lipinski definition) is 2. The maximum Gasteiger partial charge on any atom is 0.0196 e. The quantitative estimate of drug-likeness (QED) is 0.774. The number of nitrogens with one attached hydrogen (secondary N) is 1. The van der Waals surface area contributed by atoms with Crippen molar-refractivity contribution in [2.24, 2.45) is 5.92 Å². The minimum atomic E-state index is 0.385. The lowest BCUT2D eigenvalue weighted by Gasteiger charge is -2.52. The van der Waals surface area contributed by atoms with Crippen LogP contribution in [0.5, 0.6) is 0 Å². The maximum atomic E-state index is 3.40. The molecule has 2 heteroatoms. The predicted octanol–water partition coefficient (Wildman–Crippen LogP) is 3.42. The molecule has 1 unspecified atom stereocenters. The summed E-state index contributed by atoms with van der Waals surface area (Å²) in [6.07, 6.45) is 11.5. The lowest BCUT2D eigenvalue weighted by atomic mass is 9.77. The van der Waals surface area contributed by atoms with Gasteiger partial charge in [0.1, 0.15) is 0 Å². The van der Waals surface area contributed by atoms with E-state index in [1.807, 2.05) is 0 Å². The highest BCUT2D eigenvalue weighted by atomic mass is 15.2. The van der Waals surface area contributed by atoms with Gasteiger partial charge in [0.15, 0.2) is 0 Å². The largest absolute Gasteiger partial charge is 0.319 e. The smallest absolute Gasteiger partial charge is 0.0196 e. The van der Waals surface area contributed by atoms with Gasteiger partial charge in [-0.25, -0.2) is 0 Å². The van der Waals surface area contributed by atoms with E-state index in [2.05, 4.69) is 31.1 Å². The molecular formula is C16H32N2. The van der Waals surface area contributed by atoms with Crippen molar-refractivity contribution in [3.63, 3.8) is 0 Å². The van der Waals surface area contributed by atoms with Crippen molar-refractivity contribution in [1.82, 2.24) is 10.2 Å². The van der Waals surface area contributed by atoms with Gasteiger partial charge in [0, 0.05) is 11.6 Å². The first kappa shape index (κ1) is 14.3. The standard InChI is InChI=1S/C16H32N2/c1-16(2)14(13-17-3)9-8-12-18(16)15-10-6-4-5-7-11-15/h14-15,17H,4-13H2,1-3H3. The molecule has 0 aromatic carbocycles. The van der Waals surface area contributed by atoms with Crippen LogP contribution in [0.25, 0.3) is 0 Å². The van der Waals surface area contributed by atoms with Gasteiger partial charge in [0.2, 0.25) is 0 Å². The van der Waals surface area contributed by atoms with Crippen LogP contribution in [0.3, 0.4) is 0 Å². The first-order valence-electron chi connectivity index (χ1n) is 8.07. The van der Waals surface area contributed by atoms with Crippen molar-refractivity contribution < 1.29 is 0 Å². The number of nitrogens with zero attached hydrogens (tertiary/aromatic N) is 1. The minimum absolute atomic E-state index is 0.385. The second-order valence-electron chi connectivity index (χ2n) is 6.89. The van der Waals surface area contributed by atoms with E-state index in [0.29, 0.717) is 5.54 Å². The molecule has 0 spiro atoms. The number of piperidine rings is 1. The zero-order valence-electron chi connectivity index (χ0n) is 12.7. The fourth-order valence-electron chi connectivity index (χ4n) is 4.20. The van der Waals surface area contributed by atoms with Gasteiger partial charge in [-0.2, -0.15) is 0 Å². The van der Waals surface area contributed by atoms with E-state index in [1.54, 1.807) is 0 Å². The second kappa shape index (κ2) is 6.38. The normalized spacial score (nSPS) is 31.2. The molecular weight excluding hydrogens is 220 g/mol. The molecule has 0 aromatic rings. The zero-order valence-corrected chi connectivity index (χ0v) is 12.7. The van der Waals surface area contributed by atoms with E-state index < -0.39 is 0 Å². The molecule has 0 bridgehead atoms. The Balaban J connectivity index is 2.05. The SMILES string of the molecule is CNCC1CCCN(C2CCCCCC2)C1(C)C.